The topological polar surface area (TPSA) is 89.1 Å². The number of non-ortho nitro benzene ring substituents is 1. The van der Waals surface area contributed by atoms with Crippen LogP contribution < -0.4 is 10.2 Å². The van der Waals surface area contributed by atoms with Crippen molar-refractivity contribution in [3.05, 3.63) is 40.5 Å². The van der Waals surface area contributed by atoms with Crippen LogP contribution in [0.1, 0.15) is 5.82 Å². The van der Waals surface area contributed by atoms with Crippen LogP contribution in [0.15, 0.2) is 24.5 Å². The summed E-state index contributed by atoms with van der Waals surface area (Å²) in [6.45, 7) is 2.15. The molecule has 1 aliphatic rings. The van der Waals surface area contributed by atoms with Crippen molar-refractivity contribution < 1.29 is 4.92 Å². The SMILES string of the molecule is CNc1cc(N2CCn3cnnc3C2)cc([N+](=O)[O-])c1. The van der Waals surface area contributed by atoms with Gasteiger partial charge in [-0.25, -0.2) is 0 Å². The van der Waals surface area contributed by atoms with Gasteiger partial charge in [0.15, 0.2) is 5.82 Å². The second kappa shape index (κ2) is 4.80. The maximum atomic E-state index is 11.0. The molecule has 0 unspecified atom stereocenters. The third-order valence-corrected chi connectivity index (χ3v) is 3.41. The Morgan fingerprint density at radius 1 is 1.35 bits per heavy atom. The van der Waals surface area contributed by atoms with E-state index in [4.69, 9.17) is 0 Å². The lowest BCUT2D eigenvalue weighted by Gasteiger charge is -2.29. The van der Waals surface area contributed by atoms with Crippen LogP contribution in [0.3, 0.4) is 0 Å². The first-order valence-electron chi connectivity index (χ1n) is 6.26. The van der Waals surface area contributed by atoms with Crippen LogP contribution in [0.4, 0.5) is 17.1 Å². The highest BCUT2D eigenvalue weighted by Gasteiger charge is 2.20. The summed E-state index contributed by atoms with van der Waals surface area (Å²) in [6, 6.07) is 5.02. The maximum Gasteiger partial charge on any atom is 0.273 e. The number of fused-ring (bicyclic) bond motifs is 1. The van der Waals surface area contributed by atoms with Crippen LogP contribution in [0.5, 0.6) is 0 Å². The van der Waals surface area contributed by atoms with Gasteiger partial charge in [-0.05, 0) is 6.07 Å². The zero-order valence-electron chi connectivity index (χ0n) is 11.0. The summed E-state index contributed by atoms with van der Waals surface area (Å²) < 4.78 is 1.99. The molecule has 8 nitrogen and oxygen atoms in total. The molecule has 0 fully saturated rings. The number of nitrogens with one attached hydrogen (secondary N) is 1. The lowest BCUT2D eigenvalue weighted by molar-refractivity contribution is -0.384. The van der Waals surface area contributed by atoms with Crippen LogP contribution in [0.2, 0.25) is 0 Å². The predicted octanol–water partition coefficient (Wildman–Crippen LogP) is 1.25. The van der Waals surface area contributed by atoms with Crippen molar-refractivity contribution in [3.8, 4) is 0 Å². The first-order chi connectivity index (χ1) is 9.67. The van der Waals surface area contributed by atoms with E-state index in [9.17, 15) is 10.1 Å². The molecular weight excluding hydrogens is 260 g/mol. The Bertz CT molecular complexity index is 653. The van der Waals surface area contributed by atoms with Gasteiger partial charge < -0.3 is 14.8 Å². The number of aromatic nitrogens is 3. The van der Waals surface area contributed by atoms with Gasteiger partial charge in [0.05, 0.1) is 11.5 Å². The highest BCUT2D eigenvalue weighted by molar-refractivity contribution is 5.64. The Balaban J connectivity index is 1.94. The number of nitro benzene ring substituents is 1. The van der Waals surface area contributed by atoms with Crippen molar-refractivity contribution >= 4 is 17.1 Å². The molecule has 0 radical (unpaired) electrons. The summed E-state index contributed by atoms with van der Waals surface area (Å²) in [5, 5.41) is 21.9. The Morgan fingerprint density at radius 3 is 2.95 bits per heavy atom. The Kier molecular flexibility index (Phi) is 2.97. The molecule has 0 spiro atoms. The van der Waals surface area contributed by atoms with Crippen LogP contribution in [-0.4, -0.2) is 33.3 Å². The fourth-order valence-electron chi connectivity index (χ4n) is 2.31. The molecule has 1 aromatic heterocycles. The number of hydrogen-bond donors (Lipinski definition) is 1. The first kappa shape index (κ1) is 12.4. The minimum atomic E-state index is -0.378. The molecule has 0 amide bonds. The third kappa shape index (κ3) is 2.15. The van der Waals surface area contributed by atoms with Crippen LogP contribution in [0, 0.1) is 10.1 Å². The minimum absolute atomic E-state index is 0.0823. The monoisotopic (exact) mass is 274 g/mol. The van der Waals surface area contributed by atoms with Crippen molar-refractivity contribution in [1.82, 2.24) is 14.8 Å². The van der Waals surface area contributed by atoms with Crippen LogP contribution in [0.25, 0.3) is 0 Å². The van der Waals surface area contributed by atoms with E-state index in [0.29, 0.717) is 6.54 Å². The molecular formula is C12H14N6O2. The van der Waals surface area contributed by atoms with E-state index in [1.807, 2.05) is 10.6 Å². The zero-order chi connectivity index (χ0) is 14.1. The molecule has 0 saturated carbocycles. The fourth-order valence-corrected chi connectivity index (χ4v) is 2.31. The number of nitro groups is 1. The molecule has 0 atom stereocenters. The molecule has 3 rings (SSSR count). The largest absolute Gasteiger partial charge is 0.388 e. The van der Waals surface area contributed by atoms with Gasteiger partial charge in [0.2, 0.25) is 0 Å². The zero-order valence-corrected chi connectivity index (χ0v) is 11.0. The highest BCUT2D eigenvalue weighted by atomic mass is 16.6. The van der Waals surface area contributed by atoms with Crippen molar-refractivity contribution in [2.24, 2.45) is 0 Å². The van der Waals surface area contributed by atoms with Gasteiger partial charge in [0.25, 0.3) is 5.69 Å². The summed E-state index contributed by atoms with van der Waals surface area (Å²) in [5.41, 5.74) is 1.62. The number of benzene rings is 1. The van der Waals surface area contributed by atoms with Gasteiger partial charge in [-0.1, -0.05) is 0 Å². The number of hydrogen-bond acceptors (Lipinski definition) is 6. The van der Waals surface area contributed by atoms with E-state index >= 15 is 0 Å². The van der Waals surface area contributed by atoms with E-state index in [1.54, 1.807) is 19.4 Å². The van der Waals surface area contributed by atoms with Crippen LogP contribution >= 0.6 is 0 Å². The van der Waals surface area contributed by atoms with Crippen molar-refractivity contribution in [2.45, 2.75) is 13.1 Å². The highest BCUT2D eigenvalue weighted by Crippen LogP contribution is 2.28. The van der Waals surface area contributed by atoms with Crippen molar-refractivity contribution in [2.75, 3.05) is 23.8 Å². The minimum Gasteiger partial charge on any atom is -0.388 e. The predicted molar refractivity (Wildman–Crippen MR) is 73.7 cm³/mol. The lowest BCUT2D eigenvalue weighted by atomic mass is 10.2. The molecule has 20 heavy (non-hydrogen) atoms. The molecule has 104 valence electrons. The van der Waals surface area contributed by atoms with E-state index in [0.717, 1.165) is 30.3 Å². The molecule has 0 saturated heterocycles. The first-order valence-corrected chi connectivity index (χ1v) is 6.26. The second-order valence-corrected chi connectivity index (χ2v) is 4.61. The Labute approximate surface area is 115 Å². The molecule has 2 heterocycles. The standard InChI is InChI=1S/C12H14N6O2/c1-13-9-4-10(6-11(5-9)18(19)20)16-2-3-17-8-14-15-12(17)7-16/h4-6,8,13H,2-3,7H2,1H3. The van der Waals surface area contributed by atoms with Gasteiger partial charge in [0, 0.05) is 43.6 Å². The van der Waals surface area contributed by atoms with Gasteiger partial charge in [-0.2, -0.15) is 0 Å². The summed E-state index contributed by atoms with van der Waals surface area (Å²) in [4.78, 5) is 12.7. The molecule has 1 N–H and O–H groups in total. The quantitative estimate of drug-likeness (QED) is 0.669. The Hall–Kier alpha value is -2.64. The second-order valence-electron chi connectivity index (χ2n) is 4.61. The third-order valence-electron chi connectivity index (χ3n) is 3.41. The summed E-state index contributed by atoms with van der Waals surface area (Å²) >= 11 is 0. The number of anilines is 2. The van der Waals surface area contributed by atoms with Gasteiger partial charge >= 0.3 is 0 Å². The van der Waals surface area contributed by atoms with Gasteiger partial charge in [-0.3, -0.25) is 10.1 Å². The van der Waals surface area contributed by atoms with Crippen molar-refractivity contribution in [3.63, 3.8) is 0 Å². The normalized spacial score (nSPS) is 13.9. The molecule has 0 aliphatic carbocycles. The van der Waals surface area contributed by atoms with Crippen LogP contribution in [-0.2, 0) is 13.1 Å². The molecule has 2 aromatic rings. The van der Waals surface area contributed by atoms with Gasteiger partial charge in [-0.15, -0.1) is 10.2 Å². The summed E-state index contributed by atoms with van der Waals surface area (Å²) in [7, 11) is 1.75. The molecule has 8 heteroatoms. The van der Waals surface area contributed by atoms with E-state index in [1.165, 1.54) is 6.07 Å². The van der Waals surface area contributed by atoms with E-state index < -0.39 is 0 Å². The maximum absolute atomic E-state index is 11.0. The van der Waals surface area contributed by atoms with Gasteiger partial charge in [0.1, 0.15) is 6.33 Å². The fraction of sp³-hybridized carbons (Fsp3) is 0.333. The number of rotatable bonds is 3. The molecule has 1 aliphatic heterocycles. The van der Waals surface area contributed by atoms with Crippen molar-refractivity contribution in [1.29, 1.82) is 0 Å². The molecule has 0 bridgehead atoms. The van der Waals surface area contributed by atoms with E-state index in [-0.39, 0.29) is 10.6 Å². The number of nitrogens with zero attached hydrogens (tertiary/aromatic N) is 5. The smallest absolute Gasteiger partial charge is 0.273 e. The lowest BCUT2D eigenvalue weighted by Crippen LogP contribution is -2.33. The molecule has 1 aromatic carbocycles. The average Bonchev–Trinajstić information content (AvgIpc) is 2.94. The average molecular weight is 274 g/mol. The summed E-state index contributed by atoms with van der Waals surface area (Å²) in [6.07, 6.45) is 1.71. The summed E-state index contributed by atoms with van der Waals surface area (Å²) in [5.74, 6) is 0.869. The Morgan fingerprint density at radius 2 is 2.20 bits per heavy atom. The van der Waals surface area contributed by atoms with E-state index in [2.05, 4.69) is 20.4 Å².